The Morgan fingerprint density at radius 1 is 1.23 bits per heavy atom. The van der Waals surface area contributed by atoms with Gasteiger partial charge in [0.2, 0.25) is 5.95 Å². The zero-order chi connectivity index (χ0) is 21.8. The van der Waals surface area contributed by atoms with Crippen LogP contribution in [-0.2, 0) is 4.74 Å². The minimum Gasteiger partial charge on any atom is -0.394 e. The van der Waals surface area contributed by atoms with Gasteiger partial charge in [0.25, 0.3) is 5.56 Å². The summed E-state index contributed by atoms with van der Waals surface area (Å²) in [6.45, 7) is 1.14. The molecule has 2 N–H and O–H groups in total. The number of hydrogen-bond donors (Lipinski definition) is 2. The van der Waals surface area contributed by atoms with E-state index in [-0.39, 0.29) is 18.2 Å². The standard InChI is InChI=1S/C22H22Cl2N4O3/c23-17-3-1-2-16(21(17)24)19(13-29)28-9-5-14(12-20(28)30)18-4-8-25-22(27-18)26-15-6-10-31-11-7-15/h1-5,8-9,12,15,19,29H,6-7,10-11,13H2,(H,25,26,27). The van der Waals surface area contributed by atoms with Crippen LogP contribution in [0.25, 0.3) is 11.3 Å². The zero-order valence-electron chi connectivity index (χ0n) is 16.7. The lowest BCUT2D eigenvalue weighted by molar-refractivity contribution is 0.0903. The molecule has 2 aromatic heterocycles. The van der Waals surface area contributed by atoms with E-state index in [0.29, 0.717) is 32.8 Å². The maximum atomic E-state index is 12.9. The normalized spacial score (nSPS) is 15.6. The number of halogens is 2. The molecule has 9 heteroatoms. The maximum absolute atomic E-state index is 12.9. The van der Waals surface area contributed by atoms with E-state index in [4.69, 9.17) is 27.9 Å². The first-order chi connectivity index (χ1) is 15.1. The molecule has 3 aromatic rings. The number of rotatable bonds is 6. The fraction of sp³-hybridized carbons (Fsp3) is 0.318. The lowest BCUT2D eigenvalue weighted by atomic mass is 10.1. The summed E-state index contributed by atoms with van der Waals surface area (Å²) in [6.07, 6.45) is 5.09. The molecule has 1 atom stereocenters. The number of ether oxygens (including phenoxy) is 1. The van der Waals surface area contributed by atoms with Gasteiger partial charge in [-0.3, -0.25) is 4.79 Å². The van der Waals surface area contributed by atoms with Crippen LogP contribution >= 0.6 is 23.2 Å². The lowest BCUT2D eigenvalue weighted by Gasteiger charge is -2.23. The monoisotopic (exact) mass is 460 g/mol. The number of pyridine rings is 1. The van der Waals surface area contributed by atoms with Gasteiger partial charge in [-0.15, -0.1) is 0 Å². The van der Waals surface area contributed by atoms with Crippen molar-refractivity contribution in [2.75, 3.05) is 25.1 Å². The molecule has 4 rings (SSSR count). The average molecular weight is 461 g/mol. The van der Waals surface area contributed by atoms with Gasteiger partial charge in [-0.05, 0) is 36.6 Å². The van der Waals surface area contributed by atoms with Crippen molar-refractivity contribution in [1.29, 1.82) is 0 Å². The predicted octanol–water partition coefficient (Wildman–Crippen LogP) is 3.78. The molecule has 3 heterocycles. The fourth-order valence-corrected chi connectivity index (χ4v) is 4.07. The molecule has 7 nitrogen and oxygen atoms in total. The molecule has 0 spiro atoms. The Hall–Kier alpha value is -2.45. The third kappa shape index (κ3) is 4.91. The number of benzene rings is 1. The van der Waals surface area contributed by atoms with Crippen LogP contribution in [0.4, 0.5) is 5.95 Å². The predicted molar refractivity (Wildman–Crippen MR) is 121 cm³/mol. The van der Waals surface area contributed by atoms with Crippen molar-refractivity contribution in [1.82, 2.24) is 14.5 Å². The summed E-state index contributed by atoms with van der Waals surface area (Å²) in [5.74, 6) is 0.521. The van der Waals surface area contributed by atoms with Gasteiger partial charge >= 0.3 is 0 Å². The van der Waals surface area contributed by atoms with Crippen LogP contribution in [0.3, 0.4) is 0 Å². The molecule has 1 saturated heterocycles. The summed E-state index contributed by atoms with van der Waals surface area (Å²) in [5.41, 5.74) is 1.59. The van der Waals surface area contributed by atoms with Crippen LogP contribution in [0.5, 0.6) is 0 Å². The number of aromatic nitrogens is 3. The van der Waals surface area contributed by atoms with Crippen LogP contribution in [-0.4, -0.2) is 45.5 Å². The van der Waals surface area contributed by atoms with E-state index >= 15 is 0 Å². The van der Waals surface area contributed by atoms with Gasteiger partial charge < -0.3 is 19.7 Å². The highest BCUT2D eigenvalue weighted by molar-refractivity contribution is 6.42. The number of nitrogens with zero attached hydrogens (tertiary/aromatic N) is 3. The maximum Gasteiger partial charge on any atom is 0.251 e. The van der Waals surface area contributed by atoms with Gasteiger partial charge in [0.05, 0.1) is 28.4 Å². The van der Waals surface area contributed by atoms with Crippen molar-refractivity contribution in [2.24, 2.45) is 0 Å². The summed E-state index contributed by atoms with van der Waals surface area (Å²) in [4.78, 5) is 21.7. The molecule has 0 aliphatic carbocycles. The summed E-state index contributed by atoms with van der Waals surface area (Å²) >= 11 is 12.4. The molecule has 1 aliphatic heterocycles. The van der Waals surface area contributed by atoms with Gasteiger partial charge in [-0.1, -0.05) is 35.3 Å². The Labute approximate surface area is 189 Å². The van der Waals surface area contributed by atoms with Crippen LogP contribution in [0.1, 0.15) is 24.4 Å². The first-order valence-corrected chi connectivity index (χ1v) is 10.8. The molecule has 1 aliphatic rings. The van der Waals surface area contributed by atoms with Gasteiger partial charge in [0.1, 0.15) is 0 Å². The van der Waals surface area contributed by atoms with E-state index in [2.05, 4.69) is 15.3 Å². The number of aliphatic hydroxyl groups is 1. The summed E-state index contributed by atoms with van der Waals surface area (Å²) < 4.78 is 6.81. The van der Waals surface area contributed by atoms with Gasteiger partial charge in [-0.2, -0.15) is 0 Å². The second kappa shape index (κ2) is 9.78. The van der Waals surface area contributed by atoms with Crippen molar-refractivity contribution in [3.05, 3.63) is 74.8 Å². The van der Waals surface area contributed by atoms with E-state index in [9.17, 15) is 9.90 Å². The Morgan fingerprint density at radius 3 is 2.77 bits per heavy atom. The van der Waals surface area contributed by atoms with Crippen molar-refractivity contribution < 1.29 is 9.84 Å². The number of nitrogens with one attached hydrogen (secondary N) is 1. The molecule has 0 saturated carbocycles. The van der Waals surface area contributed by atoms with Crippen molar-refractivity contribution >= 4 is 29.2 Å². The highest BCUT2D eigenvalue weighted by atomic mass is 35.5. The molecular weight excluding hydrogens is 439 g/mol. The van der Waals surface area contributed by atoms with E-state index < -0.39 is 6.04 Å². The fourth-order valence-electron chi connectivity index (χ4n) is 3.63. The number of aliphatic hydroxyl groups excluding tert-OH is 1. The van der Waals surface area contributed by atoms with E-state index in [1.165, 1.54) is 10.6 Å². The van der Waals surface area contributed by atoms with Gasteiger partial charge in [0.15, 0.2) is 0 Å². The van der Waals surface area contributed by atoms with Crippen LogP contribution in [0.15, 0.2) is 53.6 Å². The first-order valence-electron chi connectivity index (χ1n) is 10.0. The van der Waals surface area contributed by atoms with E-state index in [1.54, 1.807) is 42.7 Å². The van der Waals surface area contributed by atoms with Crippen molar-refractivity contribution in [3.63, 3.8) is 0 Å². The van der Waals surface area contributed by atoms with E-state index in [1.807, 2.05) is 0 Å². The Morgan fingerprint density at radius 2 is 2.03 bits per heavy atom. The van der Waals surface area contributed by atoms with Crippen LogP contribution < -0.4 is 10.9 Å². The Kier molecular flexibility index (Phi) is 6.87. The van der Waals surface area contributed by atoms with Crippen molar-refractivity contribution in [3.8, 4) is 11.3 Å². The summed E-state index contributed by atoms with van der Waals surface area (Å²) in [7, 11) is 0. The smallest absolute Gasteiger partial charge is 0.251 e. The quantitative estimate of drug-likeness (QED) is 0.581. The second-order valence-corrected chi connectivity index (χ2v) is 8.08. The summed E-state index contributed by atoms with van der Waals surface area (Å²) in [5, 5.41) is 14.0. The molecule has 31 heavy (non-hydrogen) atoms. The zero-order valence-corrected chi connectivity index (χ0v) is 18.2. The van der Waals surface area contributed by atoms with Gasteiger partial charge in [0, 0.05) is 43.3 Å². The third-order valence-electron chi connectivity index (χ3n) is 5.30. The Balaban J connectivity index is 1.61. The molecule has 0 amide bonds. The molecule has 1 fully saturated rings. The number of hydrogen-bond acceptors (Lipinski definition) is 6. The highest BCUT2D eigenvalue weighted by Gasteiger charge is 2.19. The molecule has 1 unspecified atom stereocenters. The highest BCUT2D eigenvalue weighted by Crippen LogP contribution is 2.31. The van der Waals surface area contributed by atoms with Crippen LogP contribution in [0, 0.1) is 0 Å². The lowest BCUT2D eigenvalue weighted by Crippen LogP contribution is -2.28. The first kappa shape index (κ1) is 21.8. The molecule has 0 radical (unpaired) electrons. The minimum absolute atomic E-state index is 0.268. The SMILES string of the molecule is O=c1cc(-c2ccnc(NC3CCOCC3)n2)ccn1C(CO)c1cccc(Cl)c1Cl. The largest absolute Gasteiger partial charge is 0.394 e. The topological polar surface area (TPSA) is 89.3 Å². The third-order valence-corrected chi connectivity index (χ3v) is 6.14. The molecule has 0 bridgehead atoms. The number of anilines is 1. The molecule has 1 aromatic carbocycles. The molecule has 162 valence electrons. The van der Waals surface area contributed by atoms with Crippen LogP contribution in [0.2, 0.25) is 10.0 Å². The average Bonchev–Trinajstić information content (AvgIpc) is 2.79. The minimum atomic E-state index is -0.649. The van der Waals surface area contributed by atoms with Crippen molar-refractivity contribution in [2.45, 2.75) is 24.9 Å². The van der Waals surface area contributed by atoms with E-state index in [0.717, 1.165) is 26.1 Å². The van der Waals surface area contributed by atoms with Gasteiger partial charge in [-0.25, -0.2) is 9.97 Å². The summed E-state index contributed by atoms with van der Waals surface area (Å²) in [6, 6.07) is 9.78. The second-order valence-electron chi connectivity index (χ2n) is 7.30. The molecular formula is C22H22Cl2N4O3. The Bertz CT molecular complexity index is 1120.